The third-order valence-corrected chi connectivity index (χ3v) is 5.06. The molecule has 2 aromatic heterocycles. The van der Waals surface area contributed by atoms with Crippen LogP contribution in [0, 0.1) is 6.92 Å². The van der Waals surface area contributed by atoms with Crippen LogP contribution >= 0.6 is 0 Å². The highest BCUT2D eigenvalue weighted by Crippen LogP contribution is 2.27. The predicted molar refractivity (Wildman–Crippen MR) is 119 cm³/mol. The first kappa shape index (κ1) is 21.5. The van der Waals surface area contributed by atoms with Gasteiger partial charge in [-0.25, -0.2) is 0 Å². The van der Waals surface area contributed by atoms with Crippen molar-refractivity contribution in [2.45, 2.75) is 19.6 Å². The molecule has 0 bridgehead atoms. The largest absolute Gasteiger partial charge is 0.467 e. The van der Waals surface area contributed by atoms with Gasteiger partial charge in [0.15, 0.2) is 11.0 Å². The number of fused-ring (bicyclic) bond motifs is 1. The number of benzene rings is 2. The van der Waals surface area contributed by atoms with Crippen molar-refractivity contribution in [3.63, 3.8) is 0 Å². The molecule has 2 aromatic carbocycles. The van der Waals surface area contributed by atoms with E-state index in [1.165, 1.54) is 0 Å². The van der Waals surface area contributed by atoms with Crippen molar-refractivity contribution in [2.75, 3.05) is 13.2 Å². The molecule has 0 saturated heterocycles. The monoisotopic (exact) mass is 433 g/mol. The molecule has 0 aliphatic rings. The number of aliphatic hydroxyl groups excluding tert-OH is 1. The number of ether oxygens (including phenoxy) is 1. The highest BCUT2D eigenvalue weighted by atomic mass is 16.5. The van der Waals surface area contributed by atoms with Gasteiger partial charge >= 0.3 is 0 Å². The number of aliphatic hydroxyl groups is 1. The van der Waals surface area contributed by atoms with Crippen molar-refractivity contribution in [2.24, 2.45) is 0 Å². The predicted octanol–water partition coefficient (Wildman–Crippen LogP) is 3.67. The van der Waals surface area contributed by atoms with Gasteiger partial charge in [-0.2, -0.15) is 0 Å². The second kappa shape index (κ2) is 9.64. The second-order valence-corrected chi connectivity index (χ2v) is 7.39. The van der Waals surface area contributed by atoms with E-state index in [2.05, 4.69) is 5.32 Å². The quantitative estimate of drug-likeness (QED) is 0.440. The fourth-order valence-corrected chi connectivity index (χ4v) is 3.41. The lowest BCUT2D eigenvalue weighted by molar-refractivity contribution is 0.0225. The van der Waals surface area contributed by atoms with Crippen molar-refractivity contribution in [3.8, 4) is 11.3 Å². The fraction of sp³-hybridized carbons (Fsp3) is 0.200. The van der Waals surface area contributed by atoms with E-state index in [4.69, 9.17) is 13.6 Å². The number of carbonyl (C=O) groups excluding carboxylic acids is 1. The Morgan fingerprint density at radius 3 is 2.66 bits per heavy atom. The molecule has 0 aliphatic heterocycles. The zero-order valence-electron chi connectivity index (χ0n) is 17.5. The number of para-hydroxylation sites is 1. The van der Waals surface area contributed by atoms with E-state index in [1.54, 1.807) is 43.5 Å². The van der Waals surface area contributed by atoms with Crippen LogP contribution in [-0.4, -0.2) is 30.3 Å². The number of nitrogens with one attached hydrogen (secondary N) is 1. The van der Waals surface area contributed by atoms with Crippen molar-refractivity contribution in [1.82, 2.24) is 5.32 Å². The SMILES string of the molecule is Cc1c(-c2ccccc2)oc2c(C(=O)NC[C@@H](O)COCc3ccco3)cccc2c1=O. The minimum atomic E-state index is -0.905. The standard InChI is InChI=1S/C25H23NO6/c1-16-22(28)20-10-5-11-21(24(20)32-23(16)17-7-3-2-4-8-17)25(29)26-13-18(27)14-30-15-19-9-6-12-31-19/h2-12,18,27H,13-15H2,1H3,(H,26,29)/t18-/m1/s1. The molecule has 4 rings (SSSR count). The Kier molecular flexibility index (Phi) is 6.49. The summed E-state index contributed by atoms with van der Waals surface area (Å²) in [6.45, 7) is 1.95. The molecule has 4 aromatic rings. The lowest BCUT2D eigenvalue weighted by Crippen LogP contribution is -2.34. The third-order valence-electron chi connectivity index (χ3n) is 5.06. The molecule has 0 spiro atoms. The number of amides is 1. The Morgan fingerprint density at radius 2 is 1.91 bits per heavy atom. The van der Waals surface area contributed by atoms with Gasteiger partial charge in [0.1, 0.15) is 18.1 Å². The van der Waals surface area contributed by atoms with E-state index in [1.807, 2.05) is 30.3 Å². The second-order valence-electron chi connectivity index (χ2n) is 7.39. The molecule has 0 fully saturated rings. The minimum absolute atomic E-state index is 0.0188. The van der Waals surface area contributed by atoms with E-state index in [0.717, 1.165) is 5.56 Å². The number of rotatable bonds is 8. The van der Waals surface area contributed by atoms with Gasteiger partial charge in [0.05, 0.1) is 29.9 Å². The van der Waals surface area contributed by atoms with Gasteiger partial charge < -0.3 is 24.0 Å². The first-order valence-corrected chi connectivity index (χ1v) is 10.2. The molecule has 0 unspecified atom stereocenters. The van der Waals surface area contributed by atoms with Gasteiger partial charge in [-0.05, 0) is 31.2 Å². The van der Waals surface area contributed by atoms with Crippen LogP contribution in [0.4, 0.5) is 0 Å². The Bertz CT molecular complexity index is 1260. The van der Waals surface area contributed by atoms with Crippen LogP contribution in [-0.2, 0) is 11.3 Å². The van der Waals surface area contributed by atoms with Gasteiger partial charge in [0.25, 0.3) is 5.91 Å². The van der Waals surface area contributed by atoms with E-state index < -0.39 is 12.0 Å². The van der Waals surface area contributed by atoms with Crippen LogP contribution in [0.2, 0.25) is 0 Å². The van der Waals surface area contributed by atoms with Gasteiger partial charge in [0.2, 0.25) is 0 Å². The first-order valence-electron chi connectivity index (χ1n) is 10.2. The molecular weight excluding hydrogens is 410 g/mol. The van der Waals surface area contributed by atoms with E-state index >= 15 is 0 Å². The molecule has 2 heterocycles. The topological polar surface area (TPSA) is 102 Å². The maximum Gasteiger partial charge on any atom is 0.255 e. The number of carbonyl (C=O) groups is 1. The summed E-state index contributed by atoms with van der Waals surface area (Å²) < 4.78 is 16.6. The van der Waals surface area contributed by atoms with Gasteiger partial charge in [0, 0.05) is 17.7 Å². The van der Waals surface area contributed by atoms with Gasteiger partial charge in [-0.15, -0.1) is 0 Å². The lowest BCUT2D eigenvalue weighted by Gasteiger charge is -2.13. The van der Waals surface area contributed by atoms with Crippen molar-refractivity contribution < 1.29 is 23.5 Å². The van der Waals surface area contributed by atoms with Gasteiger partial charge in [-0.1, -0.05) is 36.4 Å². The molecule has 164 valence electrons. The van der Waals surface area contributed by atoms with Crippen LogP contribution in [0.15, 0.2) is 80.6 Å². The first-order chi connectivity index (χ1) is 15.5. The maximum absolute atomic E-state index is 12.9. The van der Waals surface area contributed by atoms with Crippen molar-refractivity contribution in [1.29, 1.82) is 0 Å². The van der Waals surface area contributed by atoms with Crippen LogP contribution in [0.3, 0.4) is 0 Å². The maximum atomic E-state index is 12.9. The summed E-state index contributed by atoms with van der Waals surface area (Å²) in [5.41, 5.74) is 1.48. The van der Waals surface area contributed by atoms with Crippen LogP contribution < -0.4 is 10.7 Å². The molecule has 0 aliphatic carbocycles. The molecule has 2 N–H and O–H groups in total. The highest BCUT2D eigenvalue weighted by Gasteiger charge is 2.19. The third kappa shape index (κ3) is 4.64. The summed E-state index contributed by atoms with van der Waals surface area (Å²) in [6.07, 6.45) is 0.640. The molecule has 7 nitrogen and oxygen atoms in total. The molecular formula is C25H23NO6. The average molecular weight is 433 g/mol. The minimum Gasteiger partial charge on any atom is -0.467 e. The zero-order valence-corrected chi connectivity index (χ0v) is 17.5. The molecule has 7 heteroatoms. The van der Waals surface area contributed by atoms with Crippen LogP contribution in [0.1, 0.15) is 21.7 Å². The smallest absolute Gasteiger partial charge is 0.255 e. The summed E-state index contributed by atoms with van der Waals surface area (Å²) >= 11 is 0. The normalized spacial score (nSPS) is 12.1. The Balaban J connectivity index is 1.51. The number of furan rings is 1. The molecule has 0 radical (unpaired) electrons. The van der Waals surface area contributed by atoms with Crippen molar-refractivity contribution in [3.05, 3.63) is 94.0 Å². The Labute approximate surface area is 184 Å². The van der Waals surface area contributed by atoms with Crippen LogP contribution in [0.5, 0.6) is 0 Å². The lowest BCUT2D eigenvalue weighted by atomic mass is 10.0. The van der Waals surface area contributed by atoms with E-state index in [-0.39, 0.29) is 36.3 Å². The van der Waals surface area contributed by atoms with Crippen LogP contribution in [0.25, 0.3) is 22.3 Å². The molecule has 1 amide bonds. The number of hydrogen-bond acceptors (Lipinski definition) is 6. The molecule has 1 atom stereocenters. The zero-order chi connectivity index (χ0) is 22.5. The molecule has 0 saturated carbocycles. The summed E-state index contributed by atoms with van der Waals surface area (Å²) in [5.74, 6) is 0.623. The summed E-state index contributed by atoms with van der Waals surface area (Å²) in [4.78, 5) is 25.8. The summed E-state index contributed by atoms with van der Waals surface area (Å²) in [6, 6.07) is 17.7. The Morgan fingerprint density at radius 1 is 1.09 bits per heavy atom. The van der Waals surface area contributed by atoms with E-state index in [9.17, 15) is 14.7 Å². The fourth-order valence-electron chi connectivity index (χ4n) is 3.41. The van der Waals surface area contributed by atoms with E-state index in [0.29, 0.717) is 22.5 Å². The highest BCUT2D eigenvalue weighted by molar-refractivity contribution is 6.05. The van der Waals surface area contributed by atoms with Gasteiger partial charge in [-0.3, -0.25) is 9.59 Å². The van der Waals surface area contributed by atoms with Crippen molar-refractivity contribution >= 4 is 16.9 Å². The summed E-state index contributed by atoms with van der Waals surface area (Å²) in [7, 11) is 0. The average Bonchev–Trinajstić information content (AvgIpc) is 3.33. The molecule has 32 heavy (non-hydrogen) atoms. The number of hydrogen-bond donors (Lipinski definition) is 2. The Hall–Kier alpha value is -3.68. The summed E-state index contributed by atoms with van der Waals surface area (Å²) in [5, 5.41) is 13.1.